The number of fused-ring (bicyclic) bond motifs is 1. The number of carbonyl (C=O) groups is 3. The van der Waals surface area contributed by atoms with E-state index in [1.807, 2.05) is 18.2 Å². The van der Waals surface area contributed by atoms with Crippen molar-refractivity contribution in [3.8, 4) is 0 Å². The van der Waals surface area contributed by atoms with Crippen LogP contribution in [-0.2, 0) is 20.8 Å². The zero-order chi connectivity index (χ0) is 26.0. The Labute approximate surface area is 219 Å². The van der Waals surface area contributed by atoms with Gasteiger partial charge in [-0.3, -0.25) is 14.4 Å². The van der Waals surface area contributed by atoms with Crippen LogP contribution in [0.15, 0.2) is 54.6 Å². The van der Waals surface area contributed by atoms with E-state index < -0.39 is 6.04 Å². The Morgan fingerprint density at radius 1 is 1.00 bits per heavy atom. The van der Waals surface area contributed by atoms with Crippen molar-refractivity contribution in [2.45, 2.75) is 76.0 Å². The van der Waals surface area contributed by atoms with Gasteiger partial charge in [0.1, 0.15) is 6.04 Å². The van der Waals surface area contributed by atoms with Gasteiger partial charge in [-0.05, 0) is 47.4 Å². The number of benzene rings is 2. The fourth-order valence-corrected chi connectivity index (χ4v) is 6.62. The molecule has 0 radical (unpaired) electrons. The first-order chi connectivity index (χ1) is 17.1. The van der Waals surface area contributed by atoms with Gasteiger partial charge in [-0.2, -0.15) is 0 Å². The molecule has 2 unspecified atom stereocenters. The Kier molecular flexibility index (Phi) is 7.93. The maximum Gasteiger partial charge on any atom is 0.254 e. The van der Waals surface area contributed by atoms with E-state index in [-0.39, 0.29) is 40.8 Å². The second kappa shape index (κ2) is 10.8. The normalized spacial score (nSPS) is 20.7. The van der Waals surface area contributed by atoms with Crippen LogP contribution >= 0.6 is 11.8 Å². The van der Waals surface area contributed by atoms with Crippen LogP contribution < -0.4 is 0 Å². The highest BCUT2D eigenvalue weighted by atomic mass is 32.2. The molecule has 192 valence electrons. The molecule has 4 rings (SSSR count). The van der Waals surface area contributed by atoms with Gasteiger partial charge in [0.05, 0.1) is 17.8 Å². The minimum absolute atomic E-state index is 0.0267. The van der Waals surface area contributed by atoms with Crippen LogP contribution in [0.2, 0.25) is 0 Å². The monoisotopic (exact) mass is 506 g/mol. The van der Waals surface area contributed by atoms with Gasteiger partial charge >= 0.3 is 0 Å². The van der Waals surface area contributed by atoms with Gasteiger partial charge in [0, 0.05) is 17.9 Å². The molecule has 3 atom stereocenters. The molecule has 2 aromatic rings. The lowest BCUT2D eigenvalue weighted by Crippen LogP contribution is -2.46. The molecular weight excluding hydrogens is 468 g/mol. The molecule has 0 saturated carbocycles. The topological polar surface area (TPSA) is 57.7 Å². The fourth-order valence-electron chi connectivity index (χ4n) is 5.24. The van der Waals surface area contributed by atoms with Gasteiger partial charge in [-0.1, -0.05) is 77.1 Å². The van der Waals surface area contributed by atoms with Gasteiger partial charge in [0.25, 0.3) is 5.91 Å². The molecule has 2 amide bonds. The van der Waals surface area contributed by atoms with E-state index >= 15 is 0 Å². The summed E-state index contributed by atoms with van der Waals surface area (Å²) in [6.45, 7) is 11.5. The third-order valence-electron chi connectivity index (χ3n) is 7.22. The molecule has 0 N–H and O–H groups in total. The third kappa shape index (κ3) is 5.69. The summed E-state index contributed by atoms with van der Waals surface area (Å²) in [4.78, 5) is 43.4. The third-order valence-corrected chi connectivity index (χ3v) is 8.52. The summed E-state index contributed by atoms with van der Waals surface area (Å²) in [5.41, 5.74) is 3.19. The maximum atomic E-state index is 13.8. The van der Waals surface area contributed by atoms with Gasteiger partial charge < -0.3 is 9.80 Å². The molecule has 2 heterocycles. The van der Waals surface area contributed by atoms with E-state index in [1.165, 1.54) is 11.1 Å². The van der Waals surface area contributed by atoms with Crippen LogP contribution in [0.5, 0.6) is 0 Å². The van der Waals surface area contributed by atoms with E-state index in [2.05, 4.69) is 58.9 Å². The predicted molar refractivity (Wildman–Crippen MR) is 146 cm³/mol. The number of hydrogen-bond acceptors (Lipinski definition) is 4. The van der Waals surface area contributed by atoms with E-state index in [9.17, 15) is 14.4 Å². The number of nitrogens with zero attached hydrogens (tertiary/aromatic N) is 2. The standard InChI is InChI=1S/C30H38N2O3S/c1-20(2)17-26(36-19-21-11-13-23(14-12-21)30(3,4)5)29(35)31-16-15-24-27(31)25(33)18-32(24)28(34)22-9-7-6-8-10-22/h6-14,20,24,26-27H,15-19H2,1-5H3/t24?,26-,27?/m1/s1. The van der Waals surface area contributed by atoms with Gasteiger partial charge in [0.15, 0.2) is 5.78 Å². The van der Waals surface area contributed by atoms with E-state index in [0.29, 0.717) is 24.4 Å². The average molecular weight is 507 g/mol. The van der Waals surface area contributed by atoms with Crippen LogP contribution in [0.25, 0.3) is 0 Å². The summed E-state index contributed by atoms with van der Waals surface area (Å²) < 4.78 is 0. The summed E-state index contributed by atoms with van der Waals surface area (Å²) in [6.07, 6.45) is 1.41. The molecule has 5 nitrogen and oxygen atoms in total. The van der Waals surface area contributed by atoms with Crippen LogP contribution in [0.3, 0.4) is 0 Å². The smallest absolute Gasteiger partial charge is 0.254 e. The largest absolute Gasteiger partial charge is 0.329 e. The van der Waals surface area contributed by atoms with Crippen LogP contribution in [0.4, 0.5) is 0 Å². The average Bonchev–Trinajstić information content (AvgIpc) is 3.42. The molecule has 2 aliphatic heterocycles. The summed E-state index contributed by atoms with van der Waals surface area (Å²) >= 11 is 1.67. The summed E-state index contributed by atoms with van der Waals surface area (Å²) in [6, 6.07) is 17.0. The Bertz CT molecular complexity index is 1090. The van der Waals surface area contributed by atoms with Gasteiger partial charge in [0.2, 0.25) is 5.91 Å². The molecule has 2 saturated heterocycles. The van der Waals surface area contributed by atoms with Crippen LogP contribution in [0, 0.1) is 5.92 Å². The number of hydrogen-bond donors (Lipinski definition) is 0. The Balaban J connectivity index is 1.45. The SMILES string of the molecule is CC(C)C[C@@H](SCc1ccc(C(C)(C)C)cc1)C(=O)N1CCC2C1C(=O)CN2C(=O)c1ccccc1. The summed E-state index contributed by atoms with van der Waals surface area (Å²) in [7, 11) is 0. The number of ketones is 1. The Morgan fingerprint density at radius 2 is 1.67 bits per heavy atom. The first-order valence-electron chi connectivity index (χ1n) is 13.0. The van der Waals surface area contributed by atoms with Crippen molar-refractivity contribution in [3.05, 3.63) is 71.3 Å². The molecule has 36 heavy (non-hydrogen) atoms. The van der Waals surface area contributed by atoms with Crippen molar-refractivity contribution in [1.82, 2.24) is 9.80 Å². The Hall–Kier alpha value is -2.60. The van der Waals surface area contributed by atoms with E-state index in [1.54, 1.807) is 33.7 Å². The van der Waals surface area contributed by atoms with Gasteiger partial charge in [-0.15, -0.1) is 11.8 Å². The summed E-state index contributed by atoms with van der Waals surface area (Å²) in [5, 5.41) is -0.210. The number of Topliss-reactive ketones (excluding diaryl/α,β-unsaturated/α-hetero) is 1. The quantitative estimate of drug-likeness (QED) is 0.510. The zero-order valence-corrected chi connectivity index (χ0v) is 22.9. The minimum atomic E-state index is -0.522. The Morgan fingerprint density at radius 3 is 2.28 bits per heavy atom. The molecule has 0 bridgehead atoms. The van der Waals surface area contributed by atoms with Gasteiger partial charge in [-0.25, -0.2) is 0 Å². The van der Waals surface area contributed by atoms with Crippen molar-refractivity contribution in [3.63, 3.8) is 0 Å². The van der Waals surface area contributed by atoms with Crippen molar-refractivity contribution < 1.29 is 14.4 Å². The minimum Gasteiger partial charge on any atom is -0.329 e. The molecule has 2 aromatic carbocycles. The lowest BCUT2D eigenvalue weighted by molar-refractivity contribution is -0.136. The molecule has 2 aliphatic rings. The number of carbonyl (C=O) groups excluding carboxylic acids is 3. The number of thioether (sulfide) groups is 1. The number of likely N-dealkylation sites (tertiary alicyclic amines) is 2. The van der Waals surface area contributed by atoms with E-state index in [4.69, 9.17) is 0 Å². The molecule has 0 spiro atoms. The number of amides is 2. The lowest BCUT2D eigenvalue weighted by atomic mass is 9.87. The predicted octanol–water partition coefficient (Wildman–Crippen LogP) is 5.33. The van der Waals surface area contributed by atoms with Crippen molar-refractivity contribution in [2.75, 3.05) is 13.1 Å². The molecule has 0 aromatic heterocycles. The molecule has 0 aliphatic carbocycles. The summed E-state index contributed by atoms with van der Waals surface area (Å²) in [5.74, 6) is 0.999. The number of rotatable bonds is 7. The first-order valence-corrected chi connectivity index (χ1v) is 14.0. The zero-order valence-electron chi connectivity index (χ0n) is 22.1. The molecule has 6 heteroatoms. The fraction of sp³-hybridized carbons (Fsp3) is 0.500. The van der Waals surface area contributed by atoms with Crippen molar-refractivity contribution in [1.29, 1.82) is 0 Å². The molecular formula is C30H38N2O3S. The van der Waals surface area contributed by atoms with Crippen LogP contribution in [-0.4, -0.2) is 57.8 Å². The van der Waals surface area contributed by atoms with Crippen molar-refractivity contribution >= 4 is 29.4 Å². The highest BCUT2D eigenvalue weighted by Gasteiger charge is 2.52. The first kappa shape index (κ1) is 26.5. The second-order valence-electron chi connectivity index (χ2n) is 11.5. The molecule has 2 fully saturated rings. The lowest BCUT2D eigenvalue weighted by Gasteiger charge is -2.28. The van der Waals surface area contributed by atoms with Crippen LogP contribution in [0.1, 0.15) is 68.9 Å². The highest BCUT2D eigenvalue weighted by Crippen LogP contribution is 2.34. The van der Waals surface area contributed by atoms with E-state index in [0.717, 1.165) is 12.2 Å². The second-order valence-corrected chi connectivity index (χ2v) is 12.7. The highest BCUT2D eigenvalue weighted by molar-refractivity contribution is 7.99. The maximum absolute atomic E-state index is 13.8. The van der Waals surface area contributed by atoms with Crippen molar-refractivity contribution in [2.24, 2.45) is 5.92 Å².